The molecule has 0 aliphatic rings. The van der Waals surface area contributed by atoms with E-state index in [0.29, 0.717) is 0 Å². The highest BCUT2D eigenvalue weighted by Crippen LogP contribution is 2.21. The van der Waals surface area contributed by atoms with E-state index in [-0.39, 0.29) is 5.54 Å². The van der Waals surface area contributed by atoms with E-state index in [0.717, 1.165) is 18.8 Å². The monoisotopic (exact) mass is 268 g/mol. The number of hydrogen-bond acceptors (Lipinski definition) is 2. The van der Waals surface area contributed by atoms with Gasteiger partial charge in [-0.25, -0.2) is 0 Å². The van der Waals surface area contributed by atoms with E-state index in [1.54, 1.807) is 0 Å². The lowest BCUT2D eigenvalue weighted by molar-refractivity contribution is 0.118. The van der Waals surface area contributed by atoms with Gasteiger partial charge in [-0.3, -0.25) is 4.90 Å². The van der Waals surface area contributed by atoms with Crippen LogP contribution in [0.5, 0.6) is 0 Å². The lowest BCUT2D eigenvalue weighted by Crippen LogP contribution is -2.40. The Morgan fingerprint density at radius 2 is 1.30 bits per heavy atom. The van der Waals surface area contributed by atoms with Crippen molar-refractivity contribution in [3.8, 4) is 0 Å². The van der Waals surface area contributed by atoms with E-state index in [1.165, 1.54) is 11.1 Å². The van der Waals surface area contributed by atoms with Crippen molar-refractivity contribution in [3.05, 3.63) is 65.7 Å². The molecule has 0 heterocycles. The summed E-state index contributed by atoms with van der Waals surface area (Å²) in [5.41, 5.74) is 9.34. The molecule has 106 valence electrons. The second-order valence-electron chi connectivity index (χ2n) is 6.25. The summed E-state index contributed by atoms with van der Waals surface area (Å²) in [6.45, 7) is 8.65. The minimum Gasteiger partial charge on any atom is -0.399 e. The predicted octanol–water partition coefficient (Wildman–Crippen LogP) is 4.07. The van der Waals surface area contributed by atoms with Crippen molar-refractivity contribution in [2.75, 3.05) is 5.73 Å². The molecule has 0 unspecified atom stereocenters. The Bertz CT molecular complexity index is 524. The molecule has 2 aromatic carbocycles. The Labute approximate surface area is 122 Å². The number of hydrogen-bond donors (Lipinski definition) is 1. The lowest BCUT2D eigenvalue weighted by atomic mass is 10.0. The topological polar surface area (TPSA) is 29.3 Å². The second kappa shape index (κ2) is 6.10. The molecule has 0 atom stereocenters. The highest BCUT2D eigenvalue weighted by molar-refractivity contribution is 5.39. The molecular weight excluding hydrogens is 244 g/mol. The Balaban J connectivity index is 2.14. The van der Waals surface area contributed by atoms with Gasteiger partial charge < -0.3 is 5.73 Å². The van der Waals surface area contributed by atoms with Crippen LogP contribution in [-0.4, -0.2) is 10.4 Å². The first-order chi connectivity index (χ1) is 9.45. The fourth-order valence-corrected chi connectivity index (χ4v) is 2.18. The summed E-state index contributed by atoms with van der Waals surface area (Å²) in [5, 5.41) is 0. The molecule has 0 fully saturated rings. The molecule has 0 spiro atoms. The molecular formula is C18H24N2. The maximum atomic E-state index is 5.75. The van der Waals surface area contributed by atoms with Crippen LogP contribution in [0.3, 0.4) is 0 Å². The summed E-state index contributed by atoms with van der Waals surface area (Å²) >= 11 is 0. The summed E-state index contributed by atoms with van der Waals surface area (Å²) in [6.07, 6.45) is 0. The van der Waals surface area contributed by atoms with Gasteiger partial charge in [-0.05, 0) is 44.0 Å². The van der Waals surface area contributed by atoms with Crippen LogP contribution < -0.4 is 5.73 Å². The van der Waals surface area contributed by atoms with Crippen LogP contribution in [0.25, 0.3) is 0 Å². The highest BCUT2D eigenvalue weighted by Gasteiger charge is 2.21. The van der Waals surface area contributed by atoms with Crippen LogP contribution >= 0.6 is 0 Å². The Hall–Kier alpha value is -1.80. The smallest absolute Gasteiger partial charge is 0.0314 e. The number of rotatable bonds is 4. The third kappa shape index (κ3) is 4.10. The number of nitrogen functional groups attached to an aromatic ring is 1. The molecule has 0 aliphatic heterocycles. The number of nitrogens with zero attached hydrogens (tertiary/aromatic N) is 1. The van der Waals surface area contributed by atoms with Crippen molar-refractivity contribution in [1.82, 2.24) is 4.90 Å². The fourth-order valence-electron chi connectivity index (χ4n) is 2.18. The van der Waals surface area contributed by atoms with Crippen LogP contribution in [0.2, 0.25) is 0 Å². The molecule has 0 aliphatic carbocycles. The van der Waals surface area contributed by atoms with Gasteiger partial charge in [-0.2, -0.15) is 0 Å². The first-order valence-electron chi connectivity index (χ1n) is 7.08. The molecule has 0 amide bonds. The molecule has 0 aromatic heterocycles. The zero-order valence-electron chi connectivity index (χ0n) is 12.6. The first-order valence-corrected chi connectivity index (χ1v) is 7.08. The molecule has 0 bridgehead atoms. The highest BCUT2D eigenvalue weighted by atomic mass is 15.2. The zero-order chi connectivity index (χ0) is 14.6. The Morgan fingerprint density at radius 3 is 1.80 bits per heavy atom. The molecule has 2 heteroatoms. The average molecular weight is 268 g/mol. The third-order valence-corrected chi connectivity index (χ3v) is 3.52. The van der Waals surface area contributed by atoms with Crippen molar-refractivity contribution in [2.24, 2.45) is 0 Å². The van der Waals surface area contributed by atoms with E-state index in [2.05, 4.69) is 68.1 Å². The summed E-state index contributed by atoms with van der Waals surface area (Å²) in [6, 6.07) is 18.8. The van der Waals surface area contributed by atoms with Gasteiger partial charge in [-0.1, -0.05) is 42.5 Å². The van der Waals surface area contributed by atoms with E-state index < -0.39 is 0 Å². The van der Waals surface area contributed by atoms with E-state index in [1.807, 2.05) is 12.1 Å². The molecule has 2 rings (SSSR count). The molecule has 0 radical (unpaired) electrons. The summed E-state index contributed by atoms with van der Waals surface area (Å²) < 4.78 is 0. The largest absolute Gasteiger partial charge is 0.399 e. The van der Waals surface area contributed by atoms with Gasteiger partial charge in [0.25, 0.3) is 0 Å². The second-order valence-corrected chi connectivity index (χ2v) is 6.25. The van der Waals surface area contributed by atoms with Crippen molar-refractivity contribution in [2.45, 2.75) is 39.4 Å². The van der Waals surface area contributed by atoms with Crippen molar-refractivity contribution < 1.29 is 0 Å². The van der Waals surface area contributed by atoms with E-state index >= 15 is 0 Å². The standard InChI is InChI=1S/C18H24N2/c1-18(2,3)20(13-15-7-5-4-6-8-15)14-16-9-11-17(19)12-10-16/h4-12H,13-14,19H2,1-3H3. The molecule has 0 saturated heterocycles. The minimum absolute atomic E-state index is 0.122. The van der Waals surface area contributed by atoms with Crippen molar-refractivity contribution in [1.29, 1.82) is 0 Å². The summed E-state index contributed by atoms with van der Waals surface area (Å²) in [7, 11) is 0. The maximum absolute atomic E-state index is 5.75. The Morgan fingerprint density at radius 1 is 0.800 bits per heavy atom. The van der Waals surface area contributed by atoms with Gasteiger partial charge in [0.1, 0.15) is 0 Å². The van der Waals surface area contributed by atoms with Gasteiger partial charge in [-0.15, -0.1) is 0 Å². The van der Waals surface area contributed by atoms with Crippen LogP contribution in [0.1, 0.15) is 31.9 Å². The SMILES string of the molecule is CC(C)(C)N(Cc1ccccc1)Cc1ccc(N)cc1. The zero-order valence-corrected chi connectivity index (χ0v) is 12.6. The molecule has 2 aromatic rings. The Kier molecular flexibility index (Phi) is 4.46. The van der Waals surface area contributed by atoms with E-state index in [9.17, 15) is 0 Å². The van der Waals surface area contributed by atoms with Crippen LogP contribution in [0, 0.1) is 0 Å². The fraction of sp³-hybridized carbons (Fsp3) is 0.333. The van der Waals surface area contributed by atoms with Gasteiger partial charge >= 0.3 is 0 Å². The number of anilines is 1. The third-order valence-electron chi connectivity index (χ3n) is 3.52. The normalized spacial score (nSPS) is 11.8. The molecule has 2 N–H and O–H groups in total. The summed E-state index contributed by atoms with van der Waals surface area (Å²) in [5.74, 6) is 0. The summed E-state index contributed by atoms with van der Waals surface area (Å²) in [4.78, 5) is 2.48. The quantitative estimate of drug-likeness (QED) is 0.847. The van der Waals surface area contributed by atoms with Crippen LogP contribution in [0.4, 0.5) is 5.69 Å². The van der Waals surface area contributed by atoms with Crippen LogP contribution in [-0.2, 0) is 13.1 Å². The number of benzene rings is 2. The lowest BCUT2D eigenvalue weighted by Gasteiger charge is -2.36. The van der Waals surface area contributed by atoms with E-state index in [4.69, 9.17) is 5.73 Å². The van der Waals surface area contributed by atoms with Gasteiger partial charge in [0, 0.05) is 24.3 Å². The van der Waals surface area contributed by atoms with Gasteiger partial charge in [0.2, 0.25) is 0 Å². The van der Waals surface area contributed by atoms with Crippen molar-refractivity contribution in [3.63, 3.8) is 0 Å². The van der Waals surface area contributed by atoms with Gasteiger partial charge in [0.05, 0.1) is 0 Å². The predicted molar refractivity (Wildman–Crippen MR) is 86.3 cm³/mol. The van der Waals surface area contributed by atoms with Crippen molar-refractivity contribution >= 4 is 5.69 Å². The minimum atomic E-state index is 0.122. The molecule has 2 nitrogen and oxygen atoms in total. The molecule has 0 saturated carbocycles. The first kappa shape index (κ1) is 14.6. The van der Waals surface area contributed by atoms with Crippen LogP contribution in [0.15, 0.2) is 54.6 Å². The number of nitrogens with two attached hydrogens (primary N) is 1. The van der Waals surface area contributed by atoms with Gasteiger partial charge in [0.15, 0.2) is 0 Å². The molecule has 20 heavy (non-hydrogen) atoms. The maximum Gasteiger partial charge on any atom is 0.0314 e. The average Bonchev–Trinajstić information content (AvgIpc) is 2.40.